The fourth-order valence-electron chi connectivity index (χ4n) is 8.45. The second kappa shape index (κ2) is 29.2. The molecular formula is C54H66N10O10S2. The number of aromatic nitrogens is 1. The van der Waals surface area contributed by atoms with Gasteiger partial charge in [0.2, 0.25) is 41.4 Å². The average molecular weight is 1080 g/mol. The van der Waals surface area contributed by atoms with Crippen molar-refractivity contribution in [3.05, 3.63) is 144 Å². The number of carboxylic acids is 1. The van der Waals surface area contributed by atoms with E-state index in [1.807, 2.05) is 24.3 Å². The highest BCUT2D eigenvalue weighted by Crippen LogP contribution is 2.24. The van der Waals surface area contributed by atoms with Gasteiger partial charge in [0.05, 0.1) is 12.1 Å². The molecule has 7 amide bonds. The number of aliphatic hydroxyl groups excluding tert-OH is 1. The zero-order chi connectivity index (χ0) is 54.6. The number of benzene rings is 4. The van der Waals surface area contributed by atoms with Gasteiger partial charge in [-0.1, -0.05) is 131 Å². The zero-order valence-corrected chi connectivity index (χ0v) is 43.6. The van der Waals surface area contributed by atoms with Crippen molar-refractivity contribution in [2.45, 2.75) is 106 Å². The van der Waals surface area contributed by atoms with Crippen LogP contribution in [0.1, 0.15) is 48.4 Å². The number of carbonyl (C=O) groups excluding carboxylic acids is 7. The first-order chi connectivity index (χ1) is 36.6. The number of fused-ring (bicyclic) bond motifs is 1. The van der Waals surface area contributed by atoms with E-state index >= 15 is 0 Å². The molecule has 20 nitrogen and oxygen atoms in total. The minimum atomic E-state index is -1.69. The molecule has 1 fully saturated rings. The Bertz CT molecular complexity index is 2750. The third-order valence-corrected chi connectivity index (χ3v) is 15.1. The van der Waals surface area contributed by atoms with Crippen molar-refractivity contribution in [2.24, 2.45) is 11.5 Å². The summed E-state index contributed by atoms with van der Waals surface area (Å²) in [7, 11) is 2.07. The number of hydrogen-bond donors (Lipinski definition) is 12. The van der Waals surface area contributed by atoms with Crippen LogP contribution < -0.4 is 48.7 Å². The Kier molecular flexibility index (Phi) is 22.3. The first-order valence-electron chi connectivity index (χ1n) is 25.0. The molecule has 0 spiro atoms. The lowest BCUT2D eigenvalue weighted by Crippen LogP contribution is -2.62. The summed E-state index contributed by atoms with van der Waals surface area (Å²) in [4.78, 5) is 116. The summed E-state index contributed by atoms with van der Waals surface area (Å²) < 4.78 is 0. The topological polar surface area (TPSA) is 329 Å². The van der Waals surface area contributed by atoms with Crippen LogP contribution in [0.15, 0.2) is 121 Å². The van der Waals surface area contributed by atoms with Crippen LogP contribution in [0.5, 0.6) is 0 Å². The first-order valence-corrected chi connectivity index (χ1v) is 27.5. The van der Waals surface area contributed by atoms with Gasteiger partial charge in [0.1, 0.15) is 42.3 Å². The van der Waals surface area contributed by atoms with E-state index < -0.39 is 102 Å². The number of hydrogen-bond acceptors (Lipinski definition) is 13. The van der Waals surface area contributed by atoms with Crippen LogP contribution in [0.4, 0.5) is 0 Å². The van der Waals surface area contributed by atoms with Crippen molar-refractivity contribution in [1.29, 1.82) is 0 Å². The molecule has 0 radical (unpaired) electrons. The van der Waals surface area contributed by atoms with Crippen molar-refractivity contribution in [1.82, 2.24) is 42.2 Å². The van der Waals surface area contributed by atoms with Crippen LogP contribution in [-0.2, 0) is 64.0 Å². The Labute approximate surface area is 448 Å². The summed E-state index contributed by atoms with van der Waals surface area (Å²) in [5.41, 5.74) is 15.5. The highest BCUT2D eigenvalue weighted by Gasteiger charge is 2.36. The maximum Gasteiger partial charge on any atom is 0.327 e. The van der Waals surface area contributed by atoms with Gasteiger partial charge in [-0.25, -0.2) is 4.79 Å². The number of aliphatic hydroxyl groups is 1. The number of nitrogens with one attached hydrogen (secondary N) is 8. The zero-order valence-electron chi connectivity index (χ0n) is 41.9. The molecule has 14 N–H and O–H groups in total. The van der Waals surface area contributed by atoms with Crippen molar-refractivity contribution < 1.29 is 48.6 Å². The smallest absolute Gasteiger partial charge is 0.327 e. The van der Waals surface area contributed by atoms with Crippen LogP contribution in [0.25, 0.3) is 10.9 Å². The van der Waals surface area contributed by atoms with E-state index in [-0.39, 0.29) is 50.2 Å². The summed E-state index contributed by atoms with van der Waals surface area (Å²) in [6.45, 7) is 1.51. The van der Waals surface area contributed by atoms with E-state index in [0.29, 0.717) is 35.1 Å². The maximum absolute atomic E-state index is 14.8. The van der Waals surface area contributed by atoms with Gasteiger partial charge in [0.25, 0.3) is 0 Å². The van der Waals surface area contributed by atoms with E-state index in [2.05, 4.69) is 42.2 Å². The van der Waals surface area contributed by atoms with E-state index in [1.54, 1.807) is 97.2 Å². The minimum absolute atomic E-state index is 0.00642. The van der Waals surface area contributed by atoms with Crippen LogP contribution in [0.3, 0.4) is 0 Å². The molecule has 0 bridgehead atoms. The van der Waals surface area contributed by atoms with Gasteiger partial charge < -0.3 is 63.9 Å². The van der Waals surface area contributed by atoms with E-state index in [4.69, 9.17) is 11.5 Å². The Hall–Kier alpha value is -7.24. The lowest BCUT2D eigenvalue weighted by atomic mass is 10.00. The molecule has 76 heavy (non-hydrogen) atoms. The molecule has 5 aromatic rings. The van der Waals surface area contributed by atoms with Crippen molar-refractivity contribution in [3.63, 3.8) is 0 Å². The predicted octanol–water partition coefficient (Wildman–Crippen LogP) is 1.15. The molecule has 1 aromatic heterocycles. The molecule has 22 heteroatoms. The summed E-state index contributed by atoms with van der Waals surface area (Å²) in [5, 5.41) is 40.8. The fourth-order valence-corrected chi connectivity index (χ4v) is 10.7. The van der Waals surface area contributed by atoms with Gasteiger partial charge in [-0.15, -0.1) is 0 Å². The van der Waals surface area contributed by atoms with Crippen LogP contribution >= 0.6 is 21.6 Å². The number of H-pyrrole nitrogens is 1. The van der Waals surface area contributed by atoms with E-state index in [9.17, 15) is 48.6 Å². The molecule has 0 aliphatic carbocycles. The largest absolute Gasteiger partial charge is 0.480 e. The Morgan fingerprint density at radius 2 is 0.987 bits per heavy atom. The lowest BCUT2D eigenvalue weighted by molar-refractivity contribution is -0.141. The highest BCUT2D eigenvalue weighted by molar-refractivity contribution is 8.76. The third kappa shape index (κ3) is 17.4. The quantitative estimate of drug-likeness (QED) is 0.0549. The van der Waals surface area contributed by atoms with Gasteiger partial charge >= 0.3 is 5.97 Å². The number of carbonyl (C=O) groups is 8. The lowest BCUT2D eigenvalue weighted by Gasteiger charge is -2.29. The Balaban J connectivity index is 1.39. The summed E-state index contributed by atoms with van der Waals surface area (Å²) >= 11 is 0. The standard InChI is InChI=1S/C54H66N10O10S2/c1-32(65)46-53(72)62-43(27-35-19-9-4-10-20-35)51(70)63-45(54(73)74)31-76-75-30-38(56)47(66)59-41(25-33-15-5-2-6-16-33)49(68)60-42(26-34-17-7-3-8-18-34)50(69)61-44(28-36-29-57-39-22-12-11-21-37(36)39)52(71)58-40(48(67)64-46)23-13-14-24-55/h2-12,15-22,29,32,38,40-46,57,65H,13-14,23-28,30-31,55-56H2,1H3,(H,58,71)(H,59,66)(H,60,68)(H,61,69)(H,62,72)(H,63,70)(H,64,67)(H,73,74)/t32?,38-,40-,41-,42-,43-,44+,45-,46-/m0/s1. The monoisotopic (exact) mass is 1080 g/mol. The number of para-hydroxylation sites is 1. The molecule has 2 heterocycles. The van der Waals surface area contributed by atoms with Crippen LogP contribution in [0, 0.1) is 0 Å². The third-order valence-electron chi connectivity index (χ3n) is 12.6. The van der Waals surface area contributed by atoms with Crippen molar-refractivity contribution >= 4 is 79.8 Å². The number of rotatable bonds is 14. The van der Waals surface area contributed by atoms with E-state index in [0.717, 1.165) is 32.5 Å². The average Bonchev–Trinajstić information content (AvgIpc) is 3.82. The number of aliphatic carboxylic acids is 1. The van der Waals surface area contributed by atoms with E-state index in [1.165, 1.54) is 6.92 Å². The van der Waals surface area contributed by atoms with Gasteiger partial charge in [-0.2, -0.15) is 0 Å². The molecule has 404 valence electrons. The number of unbranched alkanes of at least 4 members (excludes halogenated alkanes) is 1. The number of nitrogens with two attached hydrogens (primary N) is 2. The van der Waals surface area contributed by atoms with Crippen LogP contribution in [-0.4, -0.2) is 135 Å². The molecule has 1 unspecified atom stereocenters. The summed E-state index contributed by atoms with van der Waals surface area (Å²) in [6, 6.07) is 22.5. The molecule has 6 rings (SSSR count). The second-order valence-electron chi connectivity index (χ2n) is 18.5. The molecular weight excluding hydrogens is 1010 g/mol. The molecule has 4 aromatic carbocycles. The maximum atomic E-state index is 14.8. The highest BCUT2D eigenvalue weighted by atomic mass is 33.1. The number of carboxylic acid groups (broad SMARTS) is 1. The molecule has 9 atom stereocenters. The Morgan fingerprint density at radius 3 is 1.50 bits per heavy atom. The number of aromatic amines is 1. The fraction of sp³-hybridized carbons (Fsp3) is 0.370. The number of amides is 7. The Morgan fingerprint density at radius 1 is 0.553 bits per heavy atom. The van der Waals surface area contributed by atoms with Crippen LogP contribution in [0.2, 0.25) is 0 Å². The van der Waals surface area contributed by atoms with Gasteiger partial charge in [-0.3, -0.25) is 33.6 Å². The minimum Gasteiger partial charge on any atom is -0.480 e. The van der Waals surface area contributed by atoms with Crippen molar-refractivity contribution in [2.75, 3.05) is 18.1 Å². The first kappa shape index (κ1) is 58.0. The van der Waals surface area contributed by atoms with Gasteiger partial charge in [0, 0.05) is 54.3 Å². The molecule has 1 saturated heterocycles. The molecule has 1 aliphatic heterocycles. The SMILES string of the molecule is CC(O)[C@@H]1NC(=O)[C@H](CCCCN)NC(=O)[C@@H](Cc2c[nH]c3ccccc23)NC(=O)[C@H](Cc2ccccc2)NC(=O)[C@H](Cc2ccccc2)NC(=O)[C@@H](N)CSSC[C@@H](C(=O)O)NC(=O)[C@H](Cc2ccccc2)NC1=O. The predicted molar refractivity (Wildman–Crippen MR) is 291 cm³/mol. The summed E-state index contributed by atoms with van der Waals surface area (Å²) in [5.74, 6) is -7.42. The molecule has 0 saturated carbocycles. The van der Waals surface area contributed by atoms with Crippen molar-refractivity contribution in [3.8, 4) is 0 Å². The normalized spacial score (nSPS) is 23.7. The second-order valence-corrected chi connectivity index (χ2v) is 21.1. The van der Waals surface area contributed by atoms with Gasteiger partial charge in [-0.05, 0) is 61.1 Å². The molecule has 1 aliphatic rings. The van der Waals surface area contributed by atoms with Gasteiger partial charge in [0.15, 0.2) is 0 Å². The summed E-state index contributed by atoms with van der Waals surface area (Å²) in [6.07, 6.45) is 0.661.